The molecule has 2 N–H and O–H groups in total. The second kappa shape index (κ2) is 8.73. The van der Waals surface area contributed by atoms with Crippen molar-refractivity contribution in [2.45, 2.75) is 24.7 Å². The van der Waals surface area contributed by atoms with E-state index in [9.17, 15) is 13.2 Å². The molecule has 0 fully saturated rings. The molecular weight excluding hydrogens is 364 g/mol. The molecule has 7 heteroatoms. The van der Waals surface area contributed by atoms with E-state index in [1.165, 1.54) is 6.07 Å². The van der Waals surface area contributed by atoms with Crippen LogP contribution in [0.3, 0.4) is 0 Å². The molecular formula is C20H24N2O4S. The van der Waals surface area contributed by atoms with Crippen LogP contribution in [0.4, 0.5) is 5.69 Å². The second-order valence-electron chi connectivity index (χ2n) is 6.21. The Bertz CT molecular complexity index is 937. The van der Waals surface area contributed by atoms with E-state index in [0.717, 1.165) is 5.56 Å². The van der Waals surface area contributed by atoms with Crippen molar-refractivity contribution >= 4 is 21.6 Å². The van der Waals surface area contributed by atoms with E-state index < -0.39 is 10.0 Å². The molecule has 0 atom stereocenters. The number of methoxy groups -OCH3 is 1. The zero-order valence-electron chi connectivity index (χ0n) is 15.7. The van der Waals surface area contributed by atoms with Gasteiger partial charge in [0.05, 0.1) is 23.3 Å². The minimum atomic E-state index is -3.88. The molecule has 2 rings (SSSR count). The van der Waals surface area contributed by atoms with Gasteiger partial charge in [-0.25, -0.2) is 8.42 Å². The highest BCUT2D eigenvalue weighted by atomic mass is 32.2. The number of amides is 1. The fourth-order valence-corrected chi connectivity index (χ4v) is 3.68. The summed E-state index contributed by atoms with van der Waals surface area (Å²) in [6.45, 7) is 7.75. The largest absolute Gasteiger partial charge is 0.496 e. The van der Waals surface area contributed by atoms with Gasteiger partial charge in [-0.15, -0.1) is 6.58 Å². The third kappa shape index (κ3) is 4.89. The van der Waals surface area contributed by atoms with Gasteiger partial charge < -0.3 is 10.1 Å². The highest BCUT2D eigenvalue weighted by Gasteiger charge is 2.20. The topological polar surface area (TPSA) is 84.5 Å². The molecule has 1 amide bonds. The van der Waals surface area contributed by atoms with Crippen LogP contribution in [-0.2, 0) is 10.0 Å². The van der Waals surface area contributed by atoms with Gasteiger partial charge in [-0.1, -0.05) is 32.1 Å². The predicted molar refractivity (Wildman–Crippen MR) is 107 cm³/mol. The number of carbonyl (C=O) groups is 1. The summed E-state index contributed by atoms with van der Waals surface area (Å²) in [6.07, 6.45) is 1.55. The third-order valence-electron chi connectivity index (χ3n) is 3.96. The maximum atomic E-state index is 12.9. The van der Waals surface area contributed by atoms with Crippen LogP contribution in [0.1, 0.15) is 35.7 Å². The Kier molecular flexibility index (Phi) is 6.63. The lowest BCUT2D eigenvalue weighted by molar-refractivity contribution is 0.0959. The van der Waals surface area contributed by atoms with Gasteiger partial charge in [0.2, 0.25) is 0 Å². The summed E-state index contributed by atoms with van der Waals surface area (Å²) in [4.78, 5) is 12.4. The molecule has 0 spiro atoms. The fourth-order valence-electron chi connectivity index (χ4n) is 2.56. The maximum Gasteiger partial charge on any atom is 0.261 e. The van der Waals surface area contributed by atoms with Crippen LogP contribution in [0.2, 0.25) is 0 Å². The molecule has 2 aromatic carbocycles. The summed E-state index contributed by atoms with van der Waals surface area (Å²) in [6, 6.07) is 11.1. The van der Waals surface area contributed by atoms with Gasteiger partial charge in [-0.05, 0) is 41.8 Å². The highest BCUT2D eigenvalue weighted by Crippen LogP contribution is 2.30. The zero-order chi connectivity index (χ0) is 20.0. The molecule has 0 aliphatic heterocycles. The highest BCUT2D eigenvalue weighted by molar-refractivity contribution is 7.92. The molecule has 0 saturated carbocycles. The fraction of sp³-hybridized carbons (Fsp3) is 0.250. The molecule has 2 aromatic rings. The first-order chi connectivity index (χ1) is 12.8. The van der Waals surface area contributed by atoms with Crippen LogP contribution in [0.15, 0.2) is 60.0 Å². The lowest BCUT2D eigenvalue weighted by Gasteiger charge is -2.16. The Hall–Kier alpha value is -2.80. The molecule has 0 unspecified atom stereocenters. The Morgan fingerprint density at radius 2 is 1.93 bits per heavy atom. The van der Waals surface area contributed by atoms with Gasteiger partial charge in [0.25, 0.3) is 15.9 Å². The number of para-hydroxylation sites is 1. The van der Waals surface area contributed by atoms with E-state index in [-0.39, 0.29) is 34.5 Å². The number of sulfonamides is 1. The monoisotopic (exact) mass is 388 g/mol. The van der Waals surface area contributed by atoms with Gasteiger partial charge in [-0.2, -0.15) is 0 Å². The van der Waals surface area contributed by atoms with Crippen molar-refractivity contribution in [2.24, 2.45) is 0 Å². The van der Waals surface area contributed by atoms with Crippen molar-refractivity contribution in [1.82, 2.24) is 5.32 Å². The number of ether oxygens (including phenoxy) is 1. The van der Waals surface area contributed by atoms with Crippen molar-refractivity contribution in [3.8, 4) is 5.75 Å². The van der Waals surface area contributed by atoms with Crippen LogP contribution in [0.5, 0.6) is 5.75 Å². The van der Waals surface area contributed by atoms with Crippen LogP contribution < -0.4 is 14.8 Å². The SMILES string of the molecule is C=CCNC(=O)c1ccccc1NS(=O)(=O)c1ccc(OC)c(C(C)C)c1. The number of rotatable bonds is 8. The summed E-state index contributed by atoms with van der Waals surface area (Å²) in [5.41, 5.74) is 1.24. The van der Waals surface area contributed by atoms with Crippen LogP contribution in [0.25, 0.3) is 0 Å². The van der Waals surface area contributed by atoms with E-state index in [0.29, 0.717) is 5.75 Å². The first-order valence-corrected chi connectivity index (χ1v) is 9.97. The summed E-state index contributed by atoms with van der Waals surface area (Å²) in [7, 11) is -2.33. The van der Waals surface area contributed by atoms with E-state index >= 15 is 0 Å². The van der Waals surface area contributed by atoms with Crippen LogP contribution in [-0.4, -0.2) is 28.0 Å². The maximum absolute atomic E-state index is 12.9. The van der Waals surface area contributed by atoms with Gasteiger partial charge in [0, 0.05) is 6.54 Å². The van der Waals surface area contributed by atoms with Crippen molar-refractivity contribution in [3.63, 3.8) is 0 Å². The standard InChI is InChI=1S/C20H24N2O4S/c1-5-12-21-20(23)16-8-6-7-9-18(16)22-27(24,25)15-10-11-19(26-4)17(13-15)14(2)3/h5-11,13-14,22H,1,12H2,2-4H3,(H,21,23). The van der Waals surface area contributed by atoms with Crippen molar-refractivity contribution in [2.75, 3.05) is 18.4 Å². The van der Waals surface area contributed by atoms with Gasteiger partial charge in [0.1, 0.15) is 5.75 Å². The number of anilines is 1. The smallest absolute Gasteiger partial charge is 0.261 e. The molecule has 0 radical (unpaired) electrons. The summed E-state index contributed by atoms with van der Waals surface area (Å²) in [5.74, 6) is 0.339. The van der Waals surface area contributed by atoms with Crippen molar-refractivity contribution in [3.05, 3.63) is 66.2 Å². The van der Waals surface area contributed by atoms with E-state index in [1.54, 1.807) is 49.6 Å². The molecule has 0 aromatic heterocycles. The third-order valence-corrected chi connectivity index (χ3v) is 5.32. The normalized spacial score (nSPS) is 11.1. The quantitative estimate of drug-likeness (QED) is 0.678. The van der Waals surface area contributed by atoms with Gasteiger partial charge in [-0.3, -0.25) is 9.52 Å². The average Bonchev–Trinajstić information content (AvgIpc) is 2.65. The molecule has 0 bridgehead atoms. The van der Waals surface area contributed by atoms with Crippen molar-refractivity contribution in [1.29, 1.82) is 0 Å². The summed E-state index contributed by atoms with van der Waals surface area (Å²) in [5, 5.41) is 2.65. The van der Waals surface area contributed by atoms with E-state index in [2.05, 4.69) is 16.6 Å². The van der Waals surface area contributed by atoms with Crippen molar-refractivity contribution < 1.29 is 17.9 Å². The molecule has 144 valence electrons. The van der Waals surface area contributed by atoms with Gasteiger partial charge >= 0.3 is 0 Å². The van der Waals surface area contributed by atoms with E-state index in [4.69, 9.17) is 4.74 Å². The van der Waals surface area contributed by atoms with E-state index in [1.807, 2.05) is 13.8 Å². The first kappa shape index (κ1) is 20.5. The number of hydrogen-bond acceptors (Lipinski definition) is 4. The molecule has 0 aliphatic rings. The molecule has 0 aliphatic carbocycles. The average molecular weight is 388 g/mol. The predicted octanol–water partition coefficient (Wildman–Crippen LogP) is 3.54. The Morgan fingerprint density at radius 3 is 2.56 bits per heavy atom. The minimum Gasteiger partial charge on any atom is -0.496 e. The molecule has 0 heterocycles. The second-order valence-corrected chi connectivity index (χ2v) is 7.89. The Balaban J connectivity index is 2.39. The number of carbonyl (C=O) groups excluding carboxylic acids is 1. The summed E-state index contributed by atoms with van der Waals surface area (Å²) >= 11 is 0. The molecule has 27 heavy (non-hydrogen) atoms. The first-order valence-electron chi connectivity index (χ1n) is 8.49. The Labute approximate surface area is 160 Å². The Morgan fingerprint density at radius 1 is 1.22 bits per heavy atom. The molecule has 6 nitrogen and oxygen atoms in total. The number of benzene rings is 2. The zero-order valence-corrected chi connectivity index (χ0v) is 16.5. The van der Waals surface area contributed by atoms with Gasteiger partial charge in [0.15, 0.2) is 0 Å². The summed E-state index contributed by atoms with van der Waals surface area (Å²) < 4.78 is 33.5. The lowest BCUT2D eigenvalue weighted by Crippen LogP contribution is -2.25. The van der Waals surface area contributed by atoms with Crippen LogP contribution >= 0.6 is 0 Å². The minimum absolute atomic E-state index is 0.0899. The molecule has 0 saturated heterocycles. The lowest BCUT2D eigenvalue weighted by atomic mass is 10.0. The van der Waals surface area contributed by atoms with Crippen LogP contribution in [0, 0.1) is 0 Å². The number of nitrogens with one attached hydrogen (secondary N) is 2. The number of hydrogen-bond donors (Lipinski definition) is 2.